The number of aromatic nitrogens is 2. The largest absolute Gasteiger partial charge is 0.263 e. The van der Waals surface area contributed by atoms with Crippen molar-refractivity contribution in [2.24, 2.45) is 0 Å². The maximum Gasteiger partial charge on any atom is 0.263 e. The molecule has 2 aromatic rings. The SMILES string of the molecule is CCn1nc(Cl)c2cccc(S(=O)(=O)Cl)c21. The zero-order chi connectivity index (χ0) is 11.9. The summed E-state index contributed by atoms with van der Waals surface area (Å²) in [6.45, 7) is 2.37. The van der Waals surface area contributed by atoms with Crippen molar-refractivity contribution in [3.63, 3.8) is 0 Å². The van der Waals surface area contributed by atoms with Crippen LogP contribution in [0, 0.1) is 0 Å². The number of aryl methyl sites for hydroxylation is 1. The first-order valence-electron chi connectivity index (χ1n) is 4.55. The van der Waals surface area contributed by atoms with Crippen LogP contribution in [0.3, 0.4) is 0 Å². The molecule has 7 heteroatoms. The minimum atomic E-state index is -3.80. The molecule has 0 bridgehead atoms. The number of para-hydroxylation sites is 1. The molecule has 4 nitrogen and oxygen atoms in total. The highest BCUT2D eigenvalue weighted by Crippen LogP contribution is 2.30. The summed E-state index contributed by atoms with van der Waals surface area (Å²) in [7, 11) is 1.57. The predicted octanol–water partition coefficient (Wildman–Crippen LogP) is 2.64. The summed E-state index contributed by atoms with van der Waals surface area (Å²) in [4.78, 5) is 0.0351. The van der Waals surface area contributed by atoms with E-state index in [1.807, 2.05) is 6.92 Å². The Kier molecular flexibility index (Phi) is 2.86. The van der Waals surface area contributed by atoms with E-state index in [1.165, 1.54) is 10.7 Å². The van der Waals surface area contributed by atoms with Gasteiger partial charge in [-0.15, -0.1) is 0 Å². The van der Waals surface area contributed by atoms with E-state index >= 15 is 0 Å². The van der Waals surface area contributed by atoms with E-state index < -0.39 is 9.05 Å². The normalized spacial score (nSPS) is 12.2. The number of halogens is 2. The first-order chi connectivity index (χ1) is 7.45. The van der Waals surface area contributed by atoms with Gasteiger partial charge in [0.2, 0.25) is 0 Å². The van der Waals surface area contributed by atoms with Gasteiger partial charge in [-0.05, 0) is 19.1 Å². The summed E-state index contributed by atoms with van der Waals surface area (Å²) in [5.41, 5.74) is 0.449. The van der Waals surface area contributed by atoms with Crippen molar-refractivity contribution in [3.05, 3.63) is 23.4 Å². The van der Waals surface area contributed by atoms with E-state index in [-0.39, 0.29) is 10.0 Å². The molecule has 2 rings (SSSR count). The minimum Gasteiger partial charge on any atom is -0.262 e. The molecule has 1 aromatic heterocycles. The van der Waals surface area contributed by atoms with Crippen LogP contribution in [-0.4, -0.2) is 18.2 Å². The minimum absolute atomic E-state index is 0.0351. The van der Waals surface area contributed by atoms with E-state index in [2.05, 4.69) is 5.10 Å². The van der Waals surface area contributed by atoms with E-state index in [0.29, 0.717) is 17.4 Å². The third kappa shape index (κ3) is 1.79. The summed E-state index contributed by atoms with van der Waals surface area (Å²) in [5, 5.41) is 4.91. The Morgan fingerprint density at radius 1 is 1.44 bits per heavy atom. The molecule has 0 fully saturated rings. The molecule has 0 N–H and O–H groups in total. The zero-order valence-electron chi connectivity index (χ0n) is 8.31. The highest BCUT2D eigenvalue weighted by atomic mass is 35.7. The molecule has 0 amide bonds. The molecule has 0 spiro atoms. The standard InChI is InChI=1S/C9H8Cl2N2O2S/c1-2-13-8-6(9(10)12-13)4-3-5-7(8)16(11,14)15/h3-5H,2H2,1H3. The van der Waals surface area contributed by atoms with E-state index in [1.54, 1.807) is 12.1 Å². The van der Waals surface area contributed by atoms with Crippen LogP contribution in [0.15, 0.2) is 23.1 Å². The van der Waals surface area contributed by atoms with Crippen molar-refractivity contribution in [1.82, 2.24) is 9.78 Å². The Morgan fingerprint density at radius 2 is 2.12 bits per heavy atom. The monoisotopic (exact) mass is 278 g/mol. The van der Waals surface area contributed by atoms with Crippen LogP contribution in [0.1, 0.15) is 6.92 Å². The fraction of sp³-hybridized carbons (Fsp3) is 0.222. The average Bonchev–Trinajstić information content (AvgIpc) is 2.54. The lowest BCUT2D eigenvalue weighted by Crippen LogP contribution is -2.00. The molecule has 0 unspecified atom stereocenters. The van der Waals surface area contributed by atoms with Crippen molar-refractivity contribution in [1.29, 1.82) is 0 Å². The highest BCUT2D eigenvalue weighted by molar-refractivity contribution is 8.14. The smallest absolute Gasteiger partial charge is 0.262 e. The average molecular weight is 279 g/mol. The second-order valence-corrected chi connectivity index (χ2v) is 6.09. The van der Waals surface area contributed by atoms with Gasteiger partial charge in [-0.1, -0.05) is 17.7 Å². The summed E-state index contributed by atoms with van der Waals surface area (Å²) in [6, 6.07) is 4.74. The number of fused-ring (bicyclic) bond motifs is 1. The van der Waals surface area contributed by atoms with Gasteiger partial charge in [-0.25, -0.2) is 8.42 Å². The van der Waals surface area contributed by atoms with Crippen LogP contribution < -0.4 is 0 Å². The molecule has 0 atom stereocenters. The molecule has 0 saturated heterocycles. The van der Waals surface area contributed by atoms with Gasteiger partial charge in [0.1, 0.15) is 4.90 Å². The second-order valence-electron chi connectivity index (χ2n) is 3.20. The molecule has 0 saturated carbocycles. The fourth-order valence-corrected chi connectivity index (χ4v) is 2.90. The van der Waals surface area contributed by atoms with Gasteiger partial charge in [0.05, 0.1) is 5.52 Å². The predicted molar refractivity (Wildman–Crippen MR) is 63.5 cm³/mol. The van der Waals surface area contributed by atoms with Crippen molar-refractivity contribution < 1.29 is 8.42 Å². The molecule has 0 aliphatic rings. The first kappa shape index (κ1) is 11.7. The third-order valence-corrected chi connectivity index (χ3v) is 3.88. The van der Waals surface area contributed by atoms with Crippen LogP contribution in [0.25, 0.3) is 10.9 Å². The molecular weight excluding hydrogens is 271 g/mol. The maximum absolute atomic E-state index is 11.4. The summed E-state index contributed by atoms with van der Waals surface area (Å²) in [5.74, 6) is 0. The van der Waals surface area contributed by atoms with E-state index in [4.69, 9.17) is 22.3 Å². The van der Waals surface area contributed by atoms with E-state index in [9.17, 15) is 8.42 Å². The quantitative estimate of drug-likeness (QED) is 0.794. The lowest BCUT2D eigenvalue weighted by atomic mass is 10.2. The van der Waals surface area contributed by atoms with Crippen molar-refractivity contribution in [2.75, 3.05) is 0 Å². The van der Waals surface area contributed by atoms with Crippen LogP contribution in [0.4, 0.5) is 0 Å². The summed E-state index contributed by atoms with van der Waals surface area (Å²) >= 11 is 5.91. The van der Waals surface area contributed by atoms with E-state index in [0.717, 1.165) is 0 Å². The van der Waals surface area contributed by atoms with Gasteiger partial charge in [-0.2, -0.15) is 5.10 Å². The van der Waals surface area contributed by atoms with Gasteiger partial charge in [0.15, 0.2) is 5.15 Å². The van der Waals surface area contributed by atoms with Gasteiger partial charge < -0.3 is 0 Å². The Bertz CT molecular complexity index is 649. The fourth-order valence-electron chi connectivity index (χ4n) is 1.59. The molecule has 86 valence electrons. The molecular formula is C9H8Cl2N2O2S. The van der Waals surface area contributed by atoms with Crippen LogP contribution >= 0.6 is 22.3 Å². The van der Waals surface area contributed by atoms with Crippen molar-refractivity contribution >= 4 is 42.2 Å². The van der Waals surface area contributed by atoms with Crippen molar-refractivity contribution in [3.8, 4) is 0 Å². The Balaban J connectivity index is 2.96. The molecule has 0 aliphatic heterocycles. The number of hydrogen-bond acceptors (Lipinski definition) is 3. The lowest BCUT2D eigenvalue weighted by Gasteiger charge is -2.02. The second kappa shape index (κ2) is 3.91. The van der Waals surface area contributed by atoms with Gasteiger partial charge in [-0.3, -0.25) is 4.68 Å². The highest BCUT2D eigenvalue weighted by Gasteiger charge is 2.19. The summed E-state index contributed by atoms with van der Waals surface area (Å²) in [6.07, 6.45) is 0. The molecule has 1 heterocycles. The Morgan fingerprint density at radius 3 is 2.69 bits per heavy atom. The lowest BCUT2D eigenvalue weighted by molar-refractivity contribution is 0.608. The number of rotatable bonds is 2. The zero-order valence-corrected chi connectivity index (χ0v) is 10.6. The number of nitrogens with zero attached hydrogens (tertiary/aromatic N) is 2. The molecule has 1 aromatic carbocycles. The topological polar surface area (TPSA) is 52.0 Å². The Labute approximate surface area is 102 Å². The number of hydrogen-bond donors (Lipinski definition) is 0. The molecule has 0 aliphatic carbocycles. The van der Waals surface area contributed by atoms with Gasteiger partial charge in [0.25, 0.3) is 9.05 Å². The number of benzene rings is 1. The molecule has 16 heavy (non-hydrogen) atoms. The van der Waals surface area contributed by atoms with Crippen LogP contribution in [-0.2, 0) is 15.6 Å². The maximum atomic E-state index is 11.4. The molecule has 0 radical (unpaired) electrons. The van der Waals surface area contributed by atoms with Crippen LogP contribution in [0.5, 0.6) is 0 Å². The summed E-state index contributed by atoms with van der Waals surface area (Å²) < 4.78 is 24.3. The first-order valence-corrected chi connectivity index (χ1v) is 7.23. The third-order valence-electron chi connectivity index (χ3n) is 2.25. The Hall–Kier alpha value is -0.780. The van der Waals surface area contributed by atoms with Gasteiger partial charge >= 0.3 is 0 Å². The van der Waals surface area contributed by atoms with Gasteiger partial charge in [0, 0.05) is 22.6 Å². The van der Waals surface area contributed by atoms with Crippen LogP contribution in [0.2, 0.25) is 5.15 Å². The van der Waals surface area contributed by atoms with Crippen molar-refractivity contribution in [2.45, 2.75) is 18.4 Å².